The highest BCUT2D eigenvalue weighted by molar-refractivity contribution is 6.34. The number of hydrogen-bond donors (Lipinski definition) is 4. The van der Waals surface area contributed by atoms with Crippen LogP contribution in [-0.4, -0.2) is 69.9 Å². The first-order valence-electron chi connectivity index (χ1n) is 10.6. The summed E-state index contributed by atoms with van der Waals surface area (Å²) in [5, 5.41) is 38.5. The Morgan fingerprint density at radius 2 is 1.97 bits per heavy atom. The molecule has 1 unspecified atom stereocenters. The van der Waals surface area contributed by atoms with Gasteiger partial charge in [-0.1, -0.05) is 37.3 Å². The molecular weight excluding hydrogens is 424 g/mol. The predicted molar refractivity (Wildman–Crippen MR) is 117 cm³/mol. The molecule has 0 aromatic heterocycles. The van der Waals surface area contributed by atoms with Gasteiger partial charge < -0.3 is 20.6 Å². The Kier molecular flexibility index (Phi) is 7.88. The summed E-state index contributed by atoms with van der Waals surface area (Å²) in [6.45, 7) is 0.171. The van der Waals surface area contributed by atoms with Gasteiger partial charge in [-0.3, -0.25) is 14.5 Å². The Balaban J connectivity index is 1.74. The van der Waals surface area contributed by atoms with Crippen LogP contribution in [0.5, 0.6) is 0 Å². The maximum atomic E-state index is 12.8. The second-order valence-electron chi connectivity index (χ2n) is 8.03. The van der Waals surface area contributed by atoms with E-state index in [1.807, 2.05) is 0 Å². The molecule has 1 atom stereocenters. The van der Waals surface area contributed by atoms with Crippen LogP contribution < -0.4 is 10.3 Å². The molecule has 0 radical (unpaired) electrons. The lowest BCUT2D eigenvalue weighted by molar-refractivity contribution is -0.135. The summed E-state index contributed by atoms with van der Waals surface area (Å²) in [6, 6.07) is 4.58. The molecule has 170 valence electrons. The zero-order valence-electron chi connectivity index (χ0n) is 17.3. The highest BCUT2D eigenvalue weighted by Crippen LogP contribution is 2.28. The van der Waals surface area contributed by atoms with Crippen molar-refractivity contribution in [2.75, 3.05) is 24.7 Å². The summed E-state index contributed by atoms with van der Waals surface area (Å²) >= 11 is 6.23. The van der Waals surface area contributed by atoms with E-state index in [-0.39, 0.29) is 30.3 Å². The normalized spacial score (nSPS) is 21.2. The van der Waals surface area contributed by atoms with E-state index < -0.39 is 23.8 Å². The average molecular weight is 453 g/mol. The lowest BCUT2D eigenvalue weighted by Gasteiger charge is -2.36. The number of nitrogens with one attached hydrogen (secondary N) is 1. The van der Waals surface area contributed by atoms with Crippen molar-refractivity contribution in [3.05, 3.63) is 28.8 Å². The highest BCUT2D eigenvalue weighted by atomic mass is 35.5. The van der Waals surface area contributed by atoms with Gasteiger partial charge in [0.05, 0.1) is 21.9 Å². The number of aliphatic hydroxyl groups excluding tert-OH is 2. The number of halogens is 1. The van der Waals surface area contributed by atoms with Crippen LogP contribution >= 0.6 is 11.6 Å². The molecule has 4 N–H and O–H groups in total. The molecule has 31 heavy (non-hydrogen) atoms. The summed E-state index contributed by atoms with van der Waals surface area (Å²) in [4.78, 5) is 26.0. The van der Waals surface area contributed by atoms with Crippen LogP contribution in [0.3, 0.4) is 0 Å². The molecule has 2 aliphatic rings. The fourth-order valence-electron chi connectivity index (χ4n) is 3.89. The largest absolute Gasteiger partial charge is 0.396 e. The van der Waals surface area contributed by atoms with Gasteiger partial charge in [0, 0.05) is 19.7 Å². The monoisotopic (exact) mass is 452 g/mol. The van der Waals surface area contributed by atoms with Crippen LogP contribution in [0.25, 0.3) is 0 Å². The fourth-order valence-corrected chi connectivity index (χ4v) is 4.09. The number of anilines is 1. The SMILES string of the molecule is O=C(NCC1(O)CCCCCC1)c1cc(N2N=CC(=O)N(CCCO)C2O)ccc1Cl. The first kappa shape index (κ1) is 23.5. The summed E-state index contributed by atoms with van der Waals surface area (Å²) in [6.07, 6.45) is 5.31. The molecule has 0 saturated heterocycles. The van der Waals surface area contributed by atoms with E-state index in [0.717, 1.165) is 31.9 Å². The Morgan fingerprint density at radius 1 is 1.26 bits per heavy atom. The van der Waals surface area contributed by atoms with E-state index in [1.165, 1.54) is 22.0 Å². The van der Waals surface area contributed by atoms with Crippen LogP contribution in [-0.2, 0) is 4.79 Å². The molecule has 1 aromatic carbocycles. The van der Waals surface area contributed by atoms with Crippen LogP contribution in [0, 0.1) is 0 Å². The molecule has 3 rings (SSSR count). The number of benzene rings is 1. The third kappa shape index (κ3) is 5.74. The van der Waals surface area contributed by atoms with Crippen molar-refractivity contribution in [2.45, 2.75) is 56.9 Å². The van der Waals surface area contributed by atoms with E-state index in [4.69, 9.17) is 16.7 Å². The average Bonchev–Trinajstić information content (AvgIpc) is 2.97. The summed E-state index contributed by atoms with van der Waals surface area (Å²) in [5.74, 6) is -0.908. The summed E-state index contributed by atoms with van der Waals surface area (Å²) in [7, 11) is 0. The third-order valence-electron chi connectivity index (χ3n) is 5.70. The van der Waals surface area contributed by atoms with Crippen molar-refractivity contribution in [1.82, 2.24) is 10.2 Å². The molecule has 0 spiro atoms. The van der Waals surface area contributed by atoms with Gasteiger partial charge in [0.25, 0.3) is 11.8 Å². The van der Waals surface area contributed by atoms with Gasteiger partial charge in [0.15, 0.2) is 0 Å². The Hall–Kier alpha value is -2.20. The predicted octanol–water partition coefficient (Wildman–Crippen LogP) is 1.45. The standard InChI is InChI=1S/C21H29ClN4O5/c22-17-7-6-15(26-20(30)25(10-5-11-27)18(28)13-24-26)12-16(17)19(29)23-14-21(31)8-3-1-2-4-9-21/h6-7,12-13,20,27,30-31H,1-5,8-11,14H2,(H,23,29). The van der Waals surface area contributed by atoms with Crippen LogP contribution in [0.15, 0.2) is 23.3 Å². The van der Waals surface area contributed by atoms with Gasteiger partial charge in [0.1, 0.15) is 6.21 Å². The van der Waals surface area contributed by atoms with Gasteiger partial charge in [-0.25, -0.2) is 5.01 Å². The quantitative estimate of drug-likeness (QED) is 0.464. The van der Waals surface area contributed by atoms with Gasteiger partial charge in [-0.15, -0.1) is 0 Å². The number of amides is 2. The lowest BCUT2D eigenvalue weighted by Crippen LogP contribution is -2.53. The van der Waals surface area contributed by atoms with Gasteiger partial charge >= 0.3 is 0 Å². The van der Waals surface area contributed by atoms with Crippen molar-refractivity contribution in [1.29, 1.82) is 0 Å². The zero-order valence-corrected chi connectivity index (χ0v) is 18.1. The van der Waals surface area contributed by atoms with Crippen molar-refractivity contribution < 1.29 is 24.9 Å². The fraction of sp³-hybridized carbons (Fsp3) is 0.571. The lowest BCUT2D eigenvalue weighted by atomic mass is 9.94. The summed E-state index contributed by atoms with van der Waals surface area (Å²) < 4.78 is 0. The molecule has 2 amide bonds. The molecule has 1 aliphatic carbocycles. The maximum absolute atomic E-state index is 12.8. The highest BCUT2D eigenvalue weighted by Gasteiger charge is 2.32. The number of nitrogens with zero attached hydrogens (tertiary/aromatic N) is 3. The number of hydrazone groups is 1. The molecule has 0 bridgehead atoms. The molecule has 1 aliphatic heterocycles. The number of aliphatic hydroxyl groups is 3. The van der Waals surface area contributed by atoms with E-state index >= 15 is 0 Å². The van der Waals surface area contributed by atoms with Crippen LogP contribution in [0.2, 0.25) is 5.02 Å². The molecule has 1 heterocycles. The minimum absolute atomic E-state index is 0.120. The first-order valence-corrected chi connectivity index (χ1v) is 11.0. The molecular formula is C21H29ClN4O5. The van der Waals surface area contributed by atoms with Crippen LogP contribution in [0.1, 0.15) is 55.3 Å². The van der Waals surface area contributed by atoms with Crippen molar-refractivity contribution in [2.24, 2.45) is 5.10 Å². The number of carbonyl (C=O) groups excluding carboxylic acids is 2. The Labute approximate surface area is 186 Å². The van der Waals surface area contributed by atoms with Crippen molar-refractivity contribution in [3.63, 3.8) is 0 Å². The Morgan fingerprint density at radius 3 is 2.65 bits per heavy atom. The van der Waals surface area contributed by atoms with Gasteiger partial charge in [-0.2, -0.15) is 5.10 Å². The summed E-state index contributed by atoms with van der Waals surface area (Å²) in [5.41, 5.74) is -0.373. The maximum Gasteiger partial charge on any atom is 0.270 e. The van der Waals surface area contributed by atoms with Crippen molar-refractivity contribution in [3.8, 4) is 0 Å². The van der Waals surface area contributed by atoms with Crippen LogP contribution in [0.4, 0.5) is 5.69 Å². The van der Waals surface area contributed by atoms with E-state index in [9.17, 15) is 19.8 Å². The minimum atomic E-state index is -1.38. The zero-order chi connectivity index (χ0) is 22.4. The van der Waals surface area contributed by atoms with Crippen molar-refractivity contribution >= 4 is 35.3 Å². The molecule has 1 fully saturated rings. The smallest absolute Gasteiger partial charge is 0.270 e. The second-order valence-corrected chi connectivity index (χ2v) is 8.44. The number of hydrogen-bond acceptors (Lipinski definition) is 7. The minimum Gasteiger partial charge on any atom is -0.396 e. The molecule has 10 heteroatoms. The molecule has 1 saturated carbocycles. The van der Waals surface area contributed by atoms with E-state index in [1.54, 1.807) is 6.07 Å². The van der Waals surface area contributed by atoms with E-state index in [2.05, 4.69) is 10.4 Å². The Bertz CT molecular complexity index is 826. The third-order valence-corrected chi connectivity index (χ3v) is 6.03. The number of carbonyl (C=O) groups is 2. The second kappa shape index (κ2) is 10.4. The van der Waals surface area contributed by atoms with Gasteiger partial charge in [-0.05, 0) is 37.5 Å². The first-order chi connectivity index (χ1) is 14.8. The molecule has 1 aromatic rings. The van der Waals surface area contributed by atoms with Gasteiger partial charge in [0.2, 0.25) is 6.35 Å². The topological polar surface area (TPSA) is 126 Å². The van der Waals surface area contributed by atoms with E-state index in [0.29, 0.717) is 24.9 Å². The number of rotatable bonds is 7. The molecule has 9 nitrogen and oxygen atoms in total.